The lowest BCUT2D eigenvalue weighted by molar-refractivity contribution is 0.104. The number of hydrogen-bond acceptors (Lipinski definition) is 2. The van der Waals surface area contributed by atoms with Gasteiger partial charge in [0.15, 0.2) is 5.78 Å². The molecule has 17 heavy (non-hydrogen) atoms. The van der Waals surface area contributed by atoms with E-state index in [0.29, 0.717) is 10.6 Å². The van der Waals surface area contributed by atoms with E-state index >= 15 is 0 Å². The van der Waals surface area contributed by atoms with E-state index in [0.717, 1.165) is 5.56 Å². The first-order valence-electron chi connectivity index (χ1n) is 5.12. The van der Waals surface area contributed by atoms with Crippen LogP contribution in [-0.2, 0) is 7.05 Å². The Morgan fingerprint density at radius 2 is 2.06 bits per heavy atom. The molecule has 3 nitrogen and oxygen atoms in total. The van der Waals surface area contributed by atoms with Gasteiger partial charge in [0.2, 0.25) is 0 Å². The van der Waals surface area contributed by atoms with Gasteiger partial charge >= 0.3 is 0 Å². The summed E-state index contributed by atoms with van der Waals surface area (Å²) in [6.45, 7) is 0. The summed E-state index contributed by atoms with van der Waals surface area (Å²) in [6.07, 6.45) is 6.52. The maximum atomic E-state index is 11.7. The molecule has 4 heteroatoms. The number of allylic oxidation sites excluding steroid dienone is 1. The molecule has 1 aromatic heterocycles. The number of carbonyl (C=O) groups is 1. The maximum Gasteiger partial charge on any atom is 0.189 e. The van der Waals surface area contributed by atoms with E-state index < -0.39 is 0 Å². The molecule has 86 valence electrons. The predicted molar refractivity (Wildman–Crippen MR) is 68.0 cm³/mol. The number of rotatable bonds is 3. The molecule has 0 radical (unpaired) electrons. The number of hydrogen-bond donors (Lipinski definition) is 0. The fraction of sp³-hybridized carbons (Fsp3) is 0.0769. The van der Waals surface area contributed by atoms with Crippen LogP contribution in [0.25, 0.3) is 6.08 Å². The SMILES string of the molecule is Cn1cc(C(=O)C=Cc2ccc(Cl)cc2)cn1. The highest BCUT2D eigenvalue weighted by molar-refractivity contribution is 6.30. The largest absolute Gasteiger partial charge is 0.289 e. The maximum absolute atomic E-state index is 11.7. The third-order valence-electron chi connectivity index (χ3n) is 2.29. The average Bonchev–Trinajstić information content (AvgIpc) is 2.75. The Labute approximate surface area is 104 Å². The lowest BCUT2D eigenvalue weighted by atomic mass is 10.1. The molecule has 0 spiro atoms. The van der Waals surface area contributed by atoms with Gasteiger partial charge in [-0.25, -0.2) is 0 Å². The van der Waals surface area contributed by atoms with Crippen molar-refractivity contribution in [3.05, 3.63) is 58.9 Å². The van der Waals surface area contributed by atoms with E-state index in [4.69, 9.17) is 11.6 Å². The number of carbonyl (C=O) groups excluding carboxylic acids is 1. The lowest BCUT2D eigenvalue weighted by Gasteiger charge is -1.93. The zero-order valence-corrected chi connectivity index (χ0v) is 10.1. The third-order valence-corrected chi connectivity index (χ3v) is 2.54. The average molecular weight is 247 g/mol. The van der Waals surface area contributed by atoms with Crippen molar-refractivity contribution in [2.75, 3.05) is 0 Å². The van der Waals surface area contributed by atoms with Gasteiger partial charge in [0.25, 0.3) is 0 Å². The lowest BCUT2D eigenvalue weighted by Crippen LogP contribution is -1.91. The number of nitrogens with zero attached hydrogens (tertiary/aromatic N) is 2. The number of halogens is 1. The second-order valence-electron chi connectivity index (χ2n) is 3.65. The van der Waals surface area contributed by atoms with E-state index in [9.17, 15) is 4.79 Å². The minimum atomic E-state index is -0.0620. The number of aromatic nitrogens is 2. The van der Waals surface area contributed by atoms with E-state index in [2.05, 4.69) is 5.10 Å². The van der Waals surface area contributed by atoms with Crippen molar-refractivity contribution in [2.24, 2.45) is 7.05 Å². The number of benzene rings is 1. The second-order valence-corrected chi connectivity index (χ2v) is 4.09. The third kappa shape index (κ3) is 3.04. The second kappa shape index (κ2) is 4.97. The van der Waals surface area contributed by atoms with Crippen molar-refractivity contribution >= 4 is 23.5 Å². The van der Waals surface area contributed by atoms with Crippen molar-refractivity contribution in [3.8, 4) is 0 Å². The Balaban J connectivity index is 2.10. The molecular formula is C13H11ClN2O. The Hall–Kier alpha value is -1.87. The molecule has 0 saturated carbocycles. The van der Waals surface area contributed by atoms with Crippen LogP contribution in [0, 0.1) is 0 Å². The Bertz CT molecular complexity index is 555. The van der Waals surface area contributed by atoms with Crippen molar-refractivity contribution < 1.29 is 4.79 Å². The van der Waals surface area contributed by atoms with Gasteiger partial charge in [0.1, 0.15) is 0 Å². The first kappa shape index (κ1) is 11.6. The van der Waals surface area contributed by atoms with Crippen LogP contribution >= 0.6 is 11.6 Å². The minimum absolute atomic E-state index is 0.0620. The van der Waals surface area contributed by atoms with Gasteiger partial charge in [0, 0.05) is 18.3 Å². The molecule has 2 aromatic rings. The summed E-state index contributed by atoms with van der Waals surface area (Å²) in [7, 11) is 1.78. The fourth-order valence-electron chi connectivity index (χ4n) is 1.39. The summed E-state index contributed by atoms with van der Waals surface area (Å²) in [4.78, 5) is 11.7. The van der Waals surface area contributed by atoms with Gasteiger partial charge in [-0.05, 0) is 23.8 Å². The minimum Gasteiger partial charge on any atom is -0.289 e. The monoisotopic (exact) mass is 246 g/mol. The predicted octanol–water partition coefficient (Wildman–Crippen LogP) is 2.97. The van der Waals surface area contributed by atoms with Crippen LogP contribution in [0.2, 0.25) is 5.02 Å². The molecule has 0 aliphatic heterocycles. The summed E-state index contributed by atoms with van der Waals surface area (Å²) in [6, 6.07) is 7.29. The van der Waals surface area contributed by atoms with E-state index in [1.807, 2.05) is 12.1 Å². The standard InChI is InChI=1S/C13H11ClN2O/c1-16-9-11(8-15-16)13(17)7-4-10-2-5-12(14)6-3-10/h2-9H,1H3. The first-order valence-corrected chi connectivity index (χ1v) is 5.49. The van der Waals surface area contributed by atoms with E-state index in [-0.39, 0.29) is 5.78 Å². The molecule has 0 fully saturated rings. The summed E-state index contributed by atoms with van der Waals surface area (Å²) < 4.78 is 1.60. The molecule has 0 N–H and O–H groups in total. The summed E-state index contributed by atoms with van der Waals surface area (Å²) in [5, 5.41) is 4.63. The van der Waals surface area contributed by atoms with Crippen LogP contribution in [0.4, 0.5) is 0 Å². The van der Waals surface area contributed by atoms with Gasteiger partial charge < -0.3 is 0 Å². The smallest absolute Gasteiger partial charge is 0.189 e. The fourth-order valence-corrected chi connectivity index (χ4v) is 1.52. The van der Waals surface area contributed by atoms with Crippen LogP contribution in [0.5, 0.6) is 0 Å². The molecule has 0 bridgehead atoms. The first-order chi connectivity index (χ1) is 8.15. The van der Waals surface area contributed by atoms with Crippen molar-refractivity contribution in [1.29, 1.82) is 0 Å². The molecule has 0 unspecified atom stereocenters. The van der Waals surface area contributed by atoms with Crippen molar-refractivity contribution in [2.45, 2.75) is 0 Å². The molecule has 0 amide bonds. The molecule has 0 atom stereocenters. The topological polar surface area (TPSA) is 34.9 Å². The molecule has 1 aromatic carbocycles. The summed E-state index contributed by atoms with van der Waals surface area (Å²) in [5.74, 6) is -0.0620. The Morgan fingerprint density at radius 3 is 2.65 bits per heavy atom. The van der Waals surface area contributed by atoms with Crippen LogP contribution in [0.1, 0.15) is 15.9 Å². The normalized spacial score (nSPS) is 10.9. The summed E-state index contributed by atoms with van der Waals surface area (Å²) >= 11 is 5.77. The van der Waals surface area contributed by atoms with Crippen LogP contribution in [-0.4, -0.2) is 15.6 Å². The summed E-state index contributed by atoms with van der Waals surface area (Å²) in [5.41, 5.74) is 1.52. The highest BCUT2D eigenvalue weighted by atomic mass is 35.5. The molecule has 0 aliphatic carbocycles. The van der Waals surface area contributed by atoms with Gasteiger partial charge in [-0.1, -0.05) is 29.8 Å². The number of aryl methyl sites for hydroxylation is 1. The molecular weight excluding hydrogens is 236 g/mol. The molecule has 0 saturated heterocycles. The molecule has 2 rings (SSSR count). The van der Waals surface area contributed by atoms with Crippen LogP contribution < -0.4 is 0 Å². The van der Waals surface area contributed by atoms with Crippen LogP contribution in [0.3, 0.4) is 0 Å². The van der Waals surface area contributed by atoms with Gasteiger partial charge in [0.05, 0.1) is 11.8 Å². The highest BCUT2D eigenvalue weighted by Gasteiger charge is 2.03. The Kier molecular flexibility index (Phi) is 3.40. The van der Waals surface area contributed by atoms with Gasteiger partial charge in [-0.2, -0.15) is 5.10 Å². The number of ketones is 1. The quantitative estimate of drug-likeness (QED) is 0.617. The van der Waals surface area contributed by atoms with Crippen molar-refractivity contribution in [3.63, 3.8) is 0 Å². The van der Waals surface area contributed by atoms with E-state index in [1.54, 1.807) is 42.3 Å². The molecule has 0 aliphatic rings. The van der Waals surface area contributed by atoms with Gasteiger partial charge in [-0.3, -0.25) is 9.48 Å². The zero-order valence-electron chi connectivity index (χ0n) is 9.30. The zero-order chi connectivity index (χ0) is 12.3. The highest BCUT2D eigenvalue weighted by Crippen LogP contribution is 2.11. The van der Waals surface area contributed by atoms with Gasteiger partial charge in [-0.15, -0.1) is 0 Å². The van der Waals surface area contributed by atoms with Crippen LogP contribution in [0.15, 0.2) is 42.7 Å². The Morgan fingerprint density at radius 1 is 1.35 bits per heavy atom. The molecule has 1 heterocycles. The van der Waals surface area contributed by atoms with Crippen molar-refractivity contribution in [1.82, 2.24) is 9.78 Å². The van der Waals surface area contributed by atoms with E-state index in [1.165, 1.54) is 6.08 Å².